The predicted octanol–water partition coefficient (Wildman–Crippen LogP) is 6.58. The van der Waals surface area contributed by atoms with Crippen molar-refractivity contribution in [1.29, 1.82) is 0 Å². The van der Waals surface area contributed by atoms with Crippen LogP contribution in [0.5, 0.6) is 5.75 Å². The van der Waals surface area contributed by atoms with Crippen molar-refractivity contribution in [1.82, 2.24) is 0 Å². The molecule has 0 saturated heterocycles. The van der Waals surface area contributed by atoms with Gasteiger partial charge in [-0.2, -0.15) is 0 Å². The maximum absolute atomic E-state index is 12.2. The van der Waals surface area contributed by atoms with Crippen LogP contribution in [0.2, 0.25) is 0 Å². The van der Waals surface area contributed by atoms with Crippen molar-refractivity contribution in [3.63, 3.8) is 0 Å². The zero-order valence-electron chi connectivity index (χ0n) is 15.4. The summed E-state index contributed by atoms with van der Waals surface area (Å²) in [6, 6.07) is 21.4. The number of hydrogen-bond acceptors (Lipinski definition) is 4. The van der Waals surface area contributed by atoms with Gasteiger partial charge < -0.3 is 9.47 Å². The lowest BCUT2D eigenvalue weighted by Crippen LogP contribution is -2.05. The average Bonchev–Trinajstić information content (AvgIpc) is 3.10. The van der Waals surface area contributed by atoms with E-state index in [4.69, 9.17) is 9.47 Å². The highest BCUT2D eigenvalue weighted by molar-refractivity contribution is 14.1. The monoisotopic (exact) mass is 685 g/mol. The molecule has 4 rings (SSSR count). The van der Waals surface area contributed by atoms with Gasteiger partial charge in [0.1, 0.15) is 12.4 Å². The minimum absolute atomic E-state index is 0.271. The van der Waals surface area contributed by atoms with E-state index in [9.17, 15) is 4.79 Å². The Labute approximate surface area is 209 Å². The Kier molecular flexibility index (Phi) is 6.89. The van der Waals surface area contributed by atoms with E-state index >= 15 is 0 Å². The Hall–Kier alpha value is -1.72. The van der Waals surface area contributed by atoms with Crippen LogP contribution < -0.4 is 4.74 Å². The first-order valence-corrected chi connectivity index (χ1v) is 11.9. The zero-order chi connectivity index (χ0) is 21.1. The van der Waals surface area contributed by atoms with E-state index in [2.05, 4.69) is 72.2 Å². The average molecular weight is 686 g/mol. The number of aliphatic imine (C=N–C) groups is 1. The van der Waals surface area contributed by atoms with Gasteiger partial charge in [0.15, 0.2) is 5.70 Å². The standard InChI is InChI=1S/C23H14BrI2NO3/c24-19-12-16(6-9-20(19)26)22-27-21(23(28)30-22)11-14-4-7-18(8-5-14)29-13-15-2-1-3-17(25)10-15/h1-12H,13H2/b21-11-. The topological polar surface area (TPSA) is 47.9 Å². The lowest BCUT2D eigenvalue weighted by atomic mass is 10.2. The van der Waals surface area contributed by atoms with Crippen LogP contribution in [-0.2, 0) is 16.1 Å². The molecular formula is C23H14BrI2NO3. The quantitative estimate of drug-likeness (QED) is 0.173. The van der Waals surface area contributed by atoms with Gasteiger partial charge in [-0.25, -0.2) is 9.79 Å². The van der Waals surface area contributed by atoms with E-state index in [1.165, 1.54) is 3.57 Å². The number of benzene rings is 3. The molecule has 0 aliphatic carbocycles. The fraction of sp³-hybridized carbons (Fsp3) is 0.0435. The van der Waals surface area contributed by atoms with Crippen molar-refractivity contribution in [3.8, 4) is 5.75 Å². The molecule has 0 saturated carbocycles. The second-order valence-electron chi connectivity index (χ2n) is 6.45. The van der Waals surface area contributed by atoms with Crippen LogP contribution in [0, 0.1) is 7.14 Å². The molecular weight excluding hydrogens is 672 g/mol. The number of hydrogen-bond donors (Lipinski definition) is 0. The second-order valence-corrected chi connectivity index (χ2v) is 9.71. The highest BCUT2D eigenvalue weighted by Crippen LogP contribution is 2.25. The number of cyclic esters (lactones) is 1. The third-order valence-corrected chi connectivity index (χ3v) is 7.27. The van der Waals surface area contributed by atoms with Crippen molar-refractivity contribution in [2.75, 3.05) is 0 Å². The van der Waals surface area contributed by atoms with Crippen molar-refractivity contribution in [2.45, 2.75) is 6.61 Å². The van der Waals surface area contributed by atoms with E-state index in [-0.39, 0.29) is 5.70 Å². The van der Waals surface area contributed by atoms with Crippen LogP contribution in [0.25, 0.3) is 6.08 Å². The van der Waals surface area contributed by atoms with Gasteiger partial charge in [-0.05, 0) is 121 Å². The van der Waals surface area contributed by atoms with E-state index < -0.39 is 5.97 Å². The summed E-state index contributed by atoms with van der Waals surface area (Å²) >= 11 is 7.99. The largest absolute Gasteiger partial charge is 0.489 e. The van der Waals surface area contributed by atoms with Gasteiger partial charge in [0.2, 0.25) is 5.90 Å². The summed E-state index contributed by atoms with van der Waals surface area (Å²) in [5, 5.41) is 0. The van der Waals surface area contributed by atoms with Crippen LogP contribution >= 0.6 is 61.1 Å². The second kappa shape index (κ2) is 9.61. The molecule has 30 heavy (non-hydrogen) atoms. The molecule has 0 unspecified atom stereocenters. The van der Waals surface area contributed by atoms with Crippen molar-refractivity contribution >= 4 is 79.1 Å². The molecule has 1 aliphatic heterocycles. The Morgan fingerprint density at radius 3 is 2.57 bits per heavy atom. The van der Waals surface area contributed by atoms with Crippen LogP contribution in [-0.4, -0.2) is 11.9 Å². The molecule has 0 bridgehead atoms. The molecule has 0 fully saturated rings. The van der Waals surface area contributed by atoms with Gasteiger partial charge in [-0.15, -0.1) is 0 Å². The number of halogens is 3. The smallest absolute Gasteiger partial charge is 0.363 e. The lowest BCUT2D eigenvalue weighted by molar-refractivity contribution is -0.129. The lowest BCUT2D eigenvalue weighted by Gasteiger charge is -2.07. The van der Waals surface area contributed by atoms with E-state index in [0.29, 0.717) is 12.5 Å². The molecule has 0 radical (unpaired) electrons. The van der Waals surface area contributed by atoms with Gasteiger partial charge >= 0.3 is 5.97 Å². The van der Waals surface area contributed by atoms with Crippen molar-refractivity contribution < 1.29 is 14.3 Å². The molecule has 0 spiro atoms. The zero-order valence-corrected chi connectivity index (χ0v) is 21.3. The normalized spacial score (nSPS) is 14.6. The van der Waals surface area contributed by atoms with Crippen molar-refractivity contribution in [3.05, 3.63) is 101 Å². The SMILES string of the molecule is O=C1OC(c2ccc(I)c(Br)c2)=N/C1=C\c1ccc(OCc2cccc(I)c2)cc1. The van der Waals surface area contributed by atoms with Crippen LogP contribution in [0.4, 0.5) is 0 Å². The maximum atomic E-state index is 12.2. The van der Waals surface area contributed by atoms with Gasteiger partial charge in [0.25, 0.3) is 0 Å². The fourth-order valence-electron chi connectivity index (χ4n) is 2.77. The number of carbonyl (C=O) groups excluding carboxylic acids is 1. The summed E-state index contributed by atoms with van der Waals surface area (Å²) in [6.07, 6.45) is 1.71. The predicted molar refractivity (Wildman–Crippen MR) is 137 cm³/mol. The number of carbonyl (C=O) groups is 1. The third kappa shape index (κ3) is 5.30. The summed E-state index contributed by atoms with van der Waals surface area (Å²) in [4.78, 5) is 16.6. The van der Waals surface area contributed by atoms with E-state index in [0.717, 1.165) is 30.5 Å². The first-order chi connectivity index (χ1) is 14.5. The van der Waals surface area contributed by atoms with Gasteiger partial charge in [-0.1, -0.05) is 24.3 Å². The summed E-state index contributed by atoms with van der Waals surface area (Å²) in [5.74, 6) is 0.609. The first-order valence-electron chi connectivity index (χ1n) is 8.93. The minimum atomic E-state index is -0.460. The molecule has 1 heterocycles. The summed E-state index contributed by atoms with van der Waals surface area (Å²) in [6.45, 7) is 0.503. The van der Waals surface area contributed by atoms with E-state index in [1.54, 1.807) is 6.08 Å². The minimum Gasteiger partial charge on any atom is -0.489 e. The molecule has 0 N–H and O–H groups in total. The summed E-state index contributed by atoms with van der Waals surface area (Å²) < 4.78 is 14.4. The number of nitrogens with zero attached hydrogens (tertiary/aromatic N) is 1. The summed E-state index contributed by atoms with van der Waals surface area (Å²) in [5.41, 5.74) is 2.98. The third-order valence-electron chi connectivity index (χ3n) is 4.27. The van der Waals surface area contributed by atoms with E-state index in [1.807, 2.05) is 60.7 Å². The van der Waals surface area contributed by atoms with Gasteiger partial charge in [0.05, 0.1) is 0 Å². The van der Waals surface area contributed by atoms with Crippen molar-refractivity contribution in [2.24, 2.45) is 4.99 Å². The Morgan fingerprint density at radius 1 is 1.03 bits per heavy atom. The molecule has 0 atom stereocenters. The Morgan fingerprint density at radius 2 is 1.83 bits per heavy atom. The molecule has 1 aliphatic rings. The molecule has 4 nitrogen and oxygen atoms in total. The summed E-state index contributed by atoms with van der Waals surface area (Å²) in [7, 11) is 0. The molecule has 0 amide bonds. The van der Waals surface area contributed by atoms with Crippen LogP contribution in [0.1, 0.15) is 16.7 Å². The number of rotatable bonds is 5. The Balaban J connectivity index is 1.46. The molecule has 3 aromatic rings. The molecule has 0 aromatic heterocycles. The highest BCUT2D eigenvalue weighted by Gasteiger charge is 2.24. The molecule has 3 aromatic carbocycles. The first kappa shape index (κ1) is 21.5. The highest BCUT2D eigenvalue weighted by atomic mass is 127. The molecule has 150 valence electrons. The number of esters is 1. The Bertz CT molecular complexity index is 1170. The number of ether oxygens (including phenoxy) is 2. The van der Waals surface area contributed by atoms with Gasteiger partial charge in [-0.3, -0.25) is 0 Å². The van der Waals surface area contributed by atoms with Crippen LogP contribution in [0.3, 0.4) is 0 Å². The van der Waals surface area contributed by atoms with Gasteiger partial charge in [0, 0.05) is 17.2 Å². The molecule has 7 heteroatoms. The maximum Gasteiger partial charge on any atom is 0.363 e. The van der Waals surface area contributed by atoms with Crippen LogP contribution in [0.15, 0.2) is 81.9 Å². The fourth-order valence-corrected chi connectivity index (χ4v) is 4.10.